The maximum absolute atomic E-state index is 13.3. The van der Waals surface area contributed by atoms with Crippen molar-refractivity contribution >= 4 is 17.3 Å². The molecule has 1 amide bonds. The molecule has 6 heteroatoms. The van der Waals surface area contributed by atoms with E-state index < -0.39 is 17.5 Å². The largest absolute Gasteiger partial charge is 0.376 e. The number of aryl methyl sites for hydroxylation is 1. The molecule has 0 heterocycles. The molecule has 0 atom stereocenters. The molecule has 0 aliphatic heterocycles. The molecule has 0 unspecified atom stereocenters. The number of hydrogen-bond donors (Lipinski definition) is 2. The summed E-state index contributed by atoms with van der Waals surface area (Å²) in [6, 6.07) is 7.21. The monoisotopic (exact) mass is 294 g/mol. The van der Waals surface area contributed by atoms with E-state index in [0.717, 1.165) is 12.1 Å². The summed E-state index contributed by atoms with van der Waals surface area (Å²) < 4.78 is 39.2. The molecule has 0 bridgehead atoms. The molecule has 0 saturated heterocycles. The Morgan fingerprint density at radius 1 is 1.00 bits per heavy atom. The number of carbonyl (C=O) groups is 1. The number of anilines is 2. The summed E-state index contributed by atoms with van der Waals surface area (Å²) in [6.07, 6.45) is 0. The highest BCUT2D eigenvalue weighted by molar-refractivity contribution is 5.93. The van der Waals surface area contributed by atoms with Crippen LogP contribution in [-0.4, -0.2) is 12.5 Å². The van der Waals surface area contributed by atoms with Crippen molar-refractivity contribution in [2.75, 3.05) is 17.2 Å². The van der Waals surface area contributed by atoms with E-state index in [0.29, 0.717) is 17.3 Å². The number of nitrogens with one attached hydrogen (secondary N) is 2. The number of amides is 1. The lowest BCUT2D eigenvalue weighted by atomic mass is 10.2. The van der Waals surface area contributed by atoms with Crippen LogP contribution in [0.3, 0.4) is 0 Å². The van der Waals surface area contributed by atoms with Crippen molar-refractivity contribution in [2.45, 2.75) is 6.92 Å². The molecule has 0 fully saturated rings. The van der Waals surface area contributed by atoms with Gasteiger partial charge in [0.05, 0.1) is 6.54 Å². The Bertz CT molecular complexity index is 654. The van der Waals surface area contributed by atoms with Gasteiger partial charge in [-0.2, -0.15) is 0 Å². The van der Waals surface area contributed by atoms with E-state index in [1.807, 2.05) is 0 Å². The maximum Gasteiger partial charge on any atom is 0.243 e. The standard InChI is InChI=1S/C15H13F3N2O/c1-9-2-3-12(7-14(9)18)19-8-15(21)20-13-5-10(16)4-11(17)6-13/h2-7,19H,8H2,1H3,(H,20,21). The molecule has 0 aliphatic carbocycles. The first-order valence-electron chi connectivity index (χ1n) is 6.20. The molecule has 3 nitrogen and oxygen atoms in total. The van der Waals surface area contributed by atoms with Crippen LogP contribution < -0.4 is 10.6 Å². The lowest BCUT2D eigenvalue weighted by molar-refractivity contribution is -0.114. The summed E-state index contributed by atoms with van der Waals surface area (Å²) in [7, 11) is 0. The van der Waals surface area contributed by atoms with Gasteiger partial charge in [0.25, 0.3) is 0 Å². The fraction of sp³-hybridized carbons (Fsp3) is 0.133. The Kier molecular flexibility index (Phi) is 4.47. The molecule has 2 rings (SSSR count). The second kappa shape index (κ2) is 6.30. The van der Waals surface area contributed by atoms with Crippen LogP contribution in [0.25, 0.3) is 0 Å². The molecular weight excluding hydrogens is 281 g/mol. The molecular formula is C15H13F3N2O. The van der Waals surface area contributed by atoms with Crippen molar-refractivity contribution in [3.05, 3.63) is 59.4 Å². The first kappa shape index (κ1) is 14.9. The highest BCUT2D eigenvalue weighted by Crippen LogP contribution is 2.14. The van der Waals surface area contributed by atoms with Crippen LogP contribution in [0, 0.1) is 24.4 Å². The van der Waals surface area contributed by atoms with Crippen LogP contribution in [0.4, 0.5) is 24.5 Å². The summed E-state index contributed by atoms with van der Waals surface area (Å²) in [6.45, 7) is 1.48. The Hall–Kier alpha value is -2.50. The molecule has 21 heavy (non-hydrogen) atoms. The summed E-state index contributed by atoms with van der Waals surface area (Å²) >= 11 is 0. The van der Waals surface area contributed by atoms with E-state index in [2.05, 4.69) is 10.6 Å². The molecule has 2 N–H and O–H groups in total. The van der Waals surface area contributed by atoms with Gasteiger partial charge in [-0.3, -0.25) is 4.79 Å². The molecule has 0 saturated carbocycles. The van der Waals surface area contributed by atoms with Gasteiger partial charge in [-0.1, -0.05) is 6.07 Å². The number of hydrogen-bond acceptors (Lipinski definition) is 2. The van der Waals surface area contributed by atoms with Crippen molar-refractivity contribution in [2.24, 2.45) is 0 Å². The second-order valence-electron chi connectivity index (χ2n) is 4.52. The van der Waals surface area contributed by atoms with Crippen molar-refractivity contribution in [1.29, 1.82) is 0 Å². The maximum atomic E-state index is 13.3. The molecule has 0 radical (unpaired) electrons. The van der Waals surface area contributed by atoms with Crippen molar-refractivity contribution < 1.29 is 18.0 Å². The van der Waals surface area contributed by atoms with Crippen molar-refractivity contribution in [3.8, 4) is 0 Å². The Labute approximate surface area is 119 Å². The van der Waals surface area contributed by atoms with E-state index in [9.17, 15) is 18.0 Å². The lowest BCUT2D eigenvalue weighted by Crippen LogP contribution is -2.22. The van der Waals surface area contributed by atoms with Crippen LogP contribution in [0.15, 0.2) is 36.4 Å². The third-order valence-corrected chi connectivity index (χ3v) is 2.77. The summed E-state index contributed by atoms with van der Waals surface area (Å²) in [5.74, 6) is -2.44. The van der Waals surface area contributed by atoms with Gasteiger partial charge in [0.2, 0.25) is 5.91 Å². The minimum absolute atomic E-state index is 0.0226. The Morgan fingerprint density at radius 3 is 2.29 bits per heavy atom. The second-order valence-corrected chi connectivity index (χ2v) is 4.52. The first-order valence-corrected chi connectivity index (χ1v) is 6.20. The Morgan fingerprint density at radius 2 is 1.67 bits per heavy atom. The van der Waals surface area contributed by atoms with Crippen LogP contribution in [0.1, 0.15) is 5.56 Å². The van der Waals surface area contributed by atoms with E-state index >= 15 is 0 Å². The predicted molar refractivity (Wildman–Crippen MR) is 74.6 cm³/mol. The lowest BCUT2D eigenvalue weighted by Gasteiger charge is -2.09. The molecule has 2 aromatic rings. The third kappa shape index (κ3) is 4.24. The number of rotatable bonds is 4. The minimum Gasteiger partial charge on any atom is -0.376 e. The zero-order valence-electron chi connectivity index (χ0n) is 11.2. The quantitative estimate of drug-likeness (QED) is 0.906. The highest BCUT2D eigenvalue weighted by Gasteiger charge is 2.06. The van der Waals surface area contributed by atoms with E-state index in [4.69, 9.17) is 0 Å². The number of halogens is 3. The zero-order valence-corrected chi connectivity index (χ0v) is 11.2. The van der Waals surface area contributed by atoms with Crippen LogP contribution in [0.2, 0.25) is 0 Å². The van der Waals surface area contributed by atoms with Gasteiger partial charge >= 0.3 is 0 Å². The number of carbonyl (C=O) groups excluding carboxylic acids is 1. The fourth-order valence-corrected chi connectivity index (χ4v) is 1.72. The number of benzene rings is 2. The summed E-state index contributed by atoms with van der Waals surface area (Å²) in [5, 5.41) is 5.07. The molecule has 110 valence electrons. The van der Waals surface area contributed by atoms with Gasteiger partial charge < -0.3 is 10.6 Å². The van der Waals surface area contributed by atoms with Gasteiger partial charge in [-0.25, -0.2) is 13.2 Å². The van der Waals surface area contributed by atoms with Crippen LogP contribution >= 0.6 is 0 Å². The van der Waals surface area contributed by atoms with Crippen molar-refractivity contribution in [3.63, 3.8) is 0 Å². The molecule has 0 aliphatic rings. The molecule has 2 aromatic carbocycles. The van der Waals surface area contributed by atoms with Gasteiger partial charge in [-0.05, 0) is 36.8 Å². The SMILES string of the molecule is Cc1ccc(NCC(=O)Nc2cc(F)cc(F)c2)cc1F. The van der Waals surface area contributed by atoms with Gasteiger partial charge in [0.15, 0.2) is 0 Å². The average molecular weight is 294 g/mol. The van der Waals surface area contributed by atoms with Gasteiger partial charge in [-0.15, -0.1) is 0 Å². The van der Waals surface area contributed by atoms with Crippen molar-refractivity contribution in [1.82, 2.24) is 0 Å². The fourth-order valence-electron chi connectivity index (χ4n) is 1.72. The van der Waals surface area contributed by atoms with Crippen LogP contribution in [-0.2, 0) is 4.79 Å². The predicted octanol–water partition coefficient (Wildman–Crippen LogP) is 3.46. The van der Waals surface area contributed by atoms with E-state index in [1.165, 1.54) is 6.07 Å². The minimum atomic E-state index is -0.779. The van der Waals surface area contributed by atoms with Gasteiger partial charge in [0.1, 0.15) is 17.5 Å². The Balaban J connectivity index is 1.94. The molecule has 0 spiro atoms. The normalized spacial score (nSPS) is 10.3. The third-order valence-electron chi connectivity index (χ3n) is 2.77. The van der Waals surface area contributed by atoms with Crippen LogP contribution in [0.5, 0.6) is 0 Å². The first-order chi connectivity index (χ1) is 9.94. The molecule has 0 aromatic heterocycles. The van der Waals surface area contributed by atoms with Gasteiger partial charge in [0, 0.05) is 17.4 Å². The average Bonchev–Trinajstić information content (AvgIpc) is 2.39. The van der Waals surface area contributed by atoms with E-state index in [-0.39, 0.29) is 18.0 Å². The van der Waals surface area contributed by atoms with E-state index in [1.54, 1.807) is 19.1 Å². The topological polar surface area (TPSA) is 41.1 Å². The summed E-state index contributed by atoms with van der Waals surface area (Å²) in [5.41, 5.74) is 0.966. The smallest absolute Gasteiger partial charge is 0.243 e. The summed E-state index contributed by atoms with van der Waals surface area (Å²) in [4.78, 5) is 11.6. The zero-order chi connectivity index (χ0) is 15.4. The highest BCUT2D eigenvalue weighted by atomic mass is 19.1.